The molecular weight excluding hydrogens is 613 g/mol. The van der Waals surface area contributed by atoms with E-state index in [4.69, 9.17) is 9.97 Å². The predicted molar refractivity (Wildman–Crippen MR) is 181 cm³/mol. The third-order valence-corrected chi connectivity index (χ3v) is 8.48. The van der Waals surface area contributed by atoms with Gasteiger partial charge in [-0.15, -0.1) is 0 Å². The Hall–Kier alpha value is -5.93. The highest BCUT2D eigenvalue weighted by Gasteiger charge is 2.17. The van der Waals surface area contributed by atoms with Crippen molar-refractivity contribution in [2.45, 2.75) is 19.9 Å². The van der Waals surface area contributed by atoms with Gasteiger partial charge >= 0.3 is 0 Å². The topological polar surface area (TPSA) is 145 Å². The number of aryl methyl sites for hydroxylation is 1. The second kappa shape index (κ2) is 12.1. The van der Waals surface area contributed by atoms with Crippen LogP contribution < -0.4 is 16.1 Å². The van der Waals surface area contributed by atoms with E-state index in [1.54, 1.807) is 17.2 Å². The molecule has 0 atom stereocenters. The second-order valence-electron chi connectivity index (χ2n) is 11.0. The summed E-state index contributed by atoms with van der Waals surface area (Å²) in [6.07, 6.45) is 17.7. The Kier molecular flexibility index (Phi) is 7.35. The van der Waals surface area contributed by atoms with Crippen molar-refractivity contribution in [3.8, 4) is 22.5 Å². The number of aromatic nitrogens is 11. The molecule has 0 saturated heterocycles. The number of likely N-dealkylation sites (N-methyl/N-ethyl adjacent to an activating group) is 1. The summed E-state index contributed by atoms with van der Waals surface area (Å²) in [6.45, 7) is 3.46. The SMILES string of the molecule is CNCCc1cn2c(-c3cnn(Nc4nccn5c(-c6cnn(Cc7ccccc7)c6)cnc45)c3)cnc2c(Nc2cc(C)ns2)n1. The van der Waals surface area contributed by atoms with Crippen molar-refractivity contribution in [2.24, 2.45) is 0 Å². The Morgan fingerprint density at radius 2 is 1.62 bits per heavy atom. The summed E-state index contributed by atoms with van der Waals surface area (Å²) in [4.78, 5) is 20.5. The first kappa shape index (κ1) is 28.5. The fourth-order valence-corrected chi connectivity index (χ4v) is 6.10. The van der Waals surface area contributed by atoms with Gasteiger partial charge in [-0.3, -0.25) is 18.9 Å². The number of hydrogen-bond acceptors (Lipinski definition) is 11. The van der Waals surface area contributed by atoms with Crippen LogP contribution in [0.1, 0.15) is 17.0 Å². The van der Waals surface area contributed by atoms with Gasteiger partial charge in [-0.1, -0.05) is 30.3 Å². The molecule has 0 fully saturated rings. The molecular formula is C32H30N14S. The van der Waals surface area contributed by atoms with E-state index >= 15 is 0 Å². The lowest BCUT2D eigenvalue weighted by Crippen LogP contribution is -2.12. The zero-order valence-electron chi connectivity index (χ0n) is 25.6. The molecule has 8 rings (SSSR count). The molecule has 0 bridgehead atoms. The highest BCUT2D eigenvalue weighted by Crippen LogP contribution is 2.28. The maximum absolute atomic E-state index is 4.87. The standard InChI is InChI=1S/C32H30N14S/c1-21-12-28(47-42-21)40-30-32-36-16-27(45(32)20-25(39-30)8-9-33-2)24-14-38-46(19-24)41-29-31-35-15-26(44(31)11-10-34-29)23-13-37-43(18-23)17-22-6-4-3-5-7-22/h3-7,10-16,18-20,33H,8-9,17H2,1-2H3,(H,34,41)(H,39,40). The monoisotopic (exact) mass is 642 g/mol. The Morgan fingerprint density at radius 3 is 2.43 bits per heavy atom. The van der Waals surface area contributed by atoms with Gasteiger partial charge in [-0.2, -0.15) is 19.4 Å². The van der Waals surface area contributed by atoms with Crippen LogP contribution in [-0.4, -0.2) is 66.4 Å². The molecule has 1 aromatic carbocycles. The second-order valence-corrected chi connectivity index (χ2v) is 11.8. The highest BCUT2D eigenvalue weighted by atomic mass is 32.1. The molecule has 0 spiro atoms. The van der Waals surface area contributed by atoms with Crippen molar-refractivity contribution in [1.82, 2.24) is 58.1 Å². The van der Waals surface area contributed by atoms with Gasteiger partial charge in [-0.25, -0.2) is 19.9 Å². The number of hydrogen-bond donors (Lipinski definition) is 3. The molecule has 7 heterocycles. The Morgan fingerprint density at radius 1 is 0.830 bits per heavy atom. The normalized spacial score (nSPS) is 11.5. The molecule has 47 heavy (non-hydrogen) atoms. The first-order chi connectivity index (χ1) is 23.1. The summed E-state index contributed by atoms with van der Waals surface area (Å²) < 4.78 is 10.4. The molecule has 0 saturated carbocycles. The predicted octanol–water partition coefficient (Wildman–Crippen LogP) is 4.69. The summed E-state index contributed by atoms with van der Waals surface area (Å²) in [6, 6.07) is 12.3. The van der Waals surface area contributed by atoms with Crippen molar-refractivity contribution in [1.29, 1.82) is 0 Å². The summed E-state index contributed by atoms with van der Waals surface area (Å²) in [5.74, 6) is 1.24. The van der Waals surface area contributed by atoms with E-state index in [1.807, 2.05) is 95.1 Å². The largest absolute Gasteiger partial charge is 0.328 e. The highest BCUT2D eigenvalue weighted by molar-refractivity contribution is 7.10. The van der Waals surface area contributed by atoms with Crippen molar-refractivity contribution in [3.05, 3.63) is 109 Å². The number of nitrogens with one attached hydrogen (secondary N) is 3. The Bertz CT molecular complexity index is 2310. The molecule has 7 aromatic heterocycles. The van der Waals surface area contributed by atoms with Gasteiger partial charge in [0.25, 0.3) is 0 Å². The van der Waals surface area contributed by atoms with Gasteiger partial charge in [0, 0.05) is 48.9 Å². The Labute approximate surface area is 272 Å². The number of fused-ring (bicyclic) bond motifs is 2. The molecule has 0 aliphatic carbocycles. The van der Waals surface area contributed by atoms with Gasteiger partial charge in [0.05, 0.1) is 60.3 Å². The number of rotatable bonds is 11. The third-order valence-electron chi connectivity index (χ3n) is 7.69. The molecule has 0 unspecified atom stereocenters. The molecule has 0 radical (unpaired) electrons. The van der Waals surface area contributed by atoms with Crippen LogP contribution in [0.25, 0.3) is 33.8 Å². The Balaban J connectivity index is 1.07. The number of nitrogens with zero attached hydrogens (tertiary/aromatic N) is 11. The van der Waals surface area contributed by atoms with Crippen LogP contribution in [0, 0.1) is 6.92 Å². The van der Waals surface area contributed by atoms with E-state index in [-0.39, 0.29) is 0 Å². The fraction of sp³-hybridized carbons (Fsp3) is 0.156. The van der Waals surface area contributed by atoms with E-state index in [0.717, 1.165) is 51.9 Å². The summed E-state index contributed by atoms with van der Waals surface area (Å²) in [5, 5.41) is 16.7. The van der Waals surface area contributed by atoms with Crippen LogP contribution >= 0.6 is 11.5 Å². The maximum atomic E-state index is 4.87. The van der Waals surface area contributed by atoms with Gasteiger partial charge in [-0.05, 0) is 37.1 Å². The lowest BCUT2D eigenvalue weighted by atomic mass is 10.2. The smallest absolute Gasteiger partial charge is 0.190 e. The summed E-state index contributed by atoms with van der Waals surface area (Å²) in [5.41, 5.74) is 11.4. The van der Waals surface area contributed by atoms with Crippen LogP contribution in [0.3, 0.4) is 0 Å². The minimum Gasteiger partial charge on any atom is -0.328 e. The summed E-state index contributed by atoms with van der Waals surface area (Å²) in [7, 11) is 1.93. The first-order valence-electron chi connectivity index (χ1n) is 15.0. The quantitative estimate of drug-likeness (QED) is 0.182. The lowest BCUT2D eigenvalue weighted by Gasteiger charge is -2.09. The van der Waals surface area contributed by atoms with Crippen LogP contribution in [0.15, 0.2) is 92.2 Å². The molecule has 0 aliphatic rings. The van der Waals surface area contributed by atoms with E-state index in [1.165, 1.54) is 17.1 Å². The van der Waals surface area contributed by atoms with Crippen LogP contribution in [0.2, 0.25) is 0 Å². The van der Waals surface area contributed by atoms with Crippen LogP contribution in [0.5, 0.6) is 0 Å². The molecule has 3 N–H and O–H groups in total. The number of benzene rings is 1. The van der Waals surface area contributed by atoms with Crippen molar-refractivity contribution >= 4 is 39.5 Å². The molecule has 234 valence electrons. The van der Waals surface area contributed by atoms with E-state index in [9.17, 15) is 0 Å². The molecule has 15 heteroatoms. The molecule has 0 amide bonds. The average Bonchev–Trinajstić information content (AvgIpc) is 3.92. The molecule has 8 aromatic rings. The zero-order chi connectivity index (χ0) is 31.7. The van der Waals surface area contributed by atoms with Crippen molar-refractivity contribution in [3.63, 3.8) is 0 Å². The minimum absolute atomic E-state index is 0.563. The zero-order valence-corrected chi connectivity index (χ0v) is 26.4. The number of anilines is 3. The lowest BCUT2D eigenvalue weighted by molar-refractivity contribution is 0.687. The van der Waals surface area contributed by atoms with Crippen molar-refractivity contribution < 1.29 is 0 Å². The number of imidazole rings is 2. The van der Waals surface area contributed by atoms with Gasteiger partial charge in [0.15, 0.2) is 22.9 Å². The van der Waals surface area contributed by atoms with E-state index in [0.29, 0.717) is 29.5 Å². The van der Waals surface area contributed by atoms with Gasteiger partial charge in [0.1, 0.15) is 5.00 Å². The van der Waals surface area contributed by atoms with Crippen molar-refractivity contribution in [2.75, 3.05) is 24.3 Å². The van der Waals surface area contributed by atoms with E-state index in [2.05, 4.69) is 52.7 Å². The van der Waals surface area contributed by atoms with Crippen LogP contribution in [0.4, 0.5) is 16.6 Å². The van der Waals surface area contributed by atoms with Crippen LogP contribution in [-0.2, 0) is 13.0 Å². The van der Waals surface area contributed by atoms with Gasteiger partial charge in [0.2, 0.25) is 0 Å². The molecule has 0 aliphatic heterocycles. The average molecular weight is 643 g/mol. The first-order valence-corrected chi connectivity index (χ1v) is 15.8. The summed E-state index contributed by atoms with van der Waals surface area (Å²) >= 11 is 1.40. The van der Waals surface area contributed by atoms with E-state index < -0.39 is 0 Å². The maximum Gasteiger partial charge on any atom is 0.190 e. The van der Waals surface area contributed by atoms with Gasteiger partial charge < -0.3 is 10.6 Å². The molecule has 14 nitrogen and oxygen atoms in total. The fourth-order valence-electron chi connectivity index (χ4n) is 5.44. The minimum atomic E-state index is 0.563. The third kappa shape index (κ3) is 5.69.